The van der Waals surface area contributed by atoms with E-state index in [9.17, 15) is 22.4 Å². The predicted octanol–water partition coefficient (Wildman–Crippen LogP) is 3.11. The molecule has 2 rings (SSSR count). The number of benzene rings is 1. The topological polar surface area (TPSA) is 65.2 Å². The van der Waals surface area contributed by atoms with Crippen molar-refractivity contribution in [1.82, 2.24) is 10.1 Å². The van der Waals surface area contributed by atoms with Gasteiger partial charge in [-0.2, -0.15) is 18.2 Å². The molecular formula is C13H10F4N2O3. The number of carbonyl (C=O) groups is 1. The molecule has 5 nitrogen and oxygen atoms in total. The second kappa shape index (κ2) is 6.22. The molecule has 0 saturated carbocycles. The number of ether oxygens (including phenoxy) is 1. The van der Waals surface area contributed by atoms with E-state index in [2.05, 4.69) is 14.7 Å². The number of Topliss-reactive ketones (excluding diaryl/α,β-unsaturated/α-hetero) is 1. The molecule has 0 aliphatic carbocycles. The minimum Gasteiger partial charge on any atom is -0.374 e. The number of carbonyl (C=O) groups excluding carboxylic acids is 1. The second-order valence-corrected chi connectivity index (χ2v) is 4.18. The van der Waals surface area contributed by atoms with Crippen LogP contribution in [0.3, 0.4) is 0 Å². The Kier molecular flexibility index (Phi) is 4.55. The molecule has 1 aromatic carbocycles. The number of rotatable bonds is 5. The highest BCUT2D eigenvalue weighted by molar-refractivity contribution is 5.97. The lowest BCUT2D eigenvalue weighted by atomic mass is 10.1. The molecule has 22 heavy (non-hydrogen) atoms. The normalized spacial score (nSPS) is 11.7. The molecule has 0 aliphatic rings. The van der Waals surface area contributed by atoms with Gasteiger partial charge in [0.05, 0.1) is 5.56 Å². The lowest BCUT2D eigenvalue weighted by Crippen LogP contribution is -2.09. The fourth-order valence-electron chi connectivity index (χ4n) is 1.60. The predicted molar refractivity (Wildman–Crippen MR) is 65.5 cm³/mol. The van der Waals surface area contributed by atoms with Gasteiger partial charge in [-0.1, -0.05) is 11.2 Å². The Bertz CT molecular complexity index is 682. The molecule has 0 atom stereocenters. The summed E-state index contributed by atoms with van der Waals surface area (Å²) in [5.74, 6) is -3.50. The average Bonchev–Trinajstić information content (AvgIpc) is 2.94. The molecule has 118 valence electrons. The molecule has 0 aliphatic heterocycles. The van der Waals surface area contributed by atoms with Gasteiger partial charge in [-0.15, -0.1) is 0 Å². The minimum absolute atomic E-state index is 0.0363. The van der Waals surface area contributed by atoms with Crippen LogP contribution in [0.1, 0.15) is 23.2 Å². The van der Waals surface area contributed by atoms with Crippen molar-refractivity contribution in [2.24, 2.45) is 0 Å². The first-order valence-corrected chi connectivity index (χ1v) is 6.14. The SMILES string of the molecule is CCOCC(=O)c1ccc(-c2noc(C(F)(F)F)n2)c(F)c1. The lowest BCUT2D eigenvalue weighted by molar-refractivity contribution is -0.159. The fourth-order valence-corrected chi connectivity index (χ4v) is 1.60. The summed E-state index contributed by atoms with van der Waals surface area (Å²) in [6, 6.07) is 3.25. The van der Waals surface area contributed by atoms with Crippen molar-refractivity contribution in [2.75, 3.05) is 13.2 Å². The van der Waals surface area contributed by atoms with Crippen molar-refractivity contribution in [3.05, 3.63) is 35.5 Å². The lowest BCUT2D eigenvalue weighted by Gasteiger charge is -2.03. The summed E-state index contributed by atoms with van der Waals surface area (Å²) in [6.45, 7) is 1.82. The van der Waals surface area contributed by atoms with Gasteiger partial charge in [0.15, 0.2) is 5.78 Å². The van der Waals surface area contributed by atoms with Gasteiger partial charge in [0.25, 0.3) is 0 Å². The Balaban J connectivity index is 2.26. The summed E-state index contributed by atoms with van der Waals surface area (Å²) in [5.41, 5.74) is -0.263. The molecule has 1 heterocycles. The van der Waals surface area contributed by atoms with Crippen molar-refractivity contribution >= 4 is 5.78 Å². The Morgan fingerprint density at radius 2 is 2.09 bits per heavy atom. The standard InChI is InChI=1S/C13H10F4N2O3/c1-2-21-6-10(20)7-3-4-8(9(14)5-7)11-18-12(22-19-11)13(15,16)17/h3-5H,2,6H2,1H3. The molecule has 0 N–H and O–H groups in total. The quantitative estimate of drug-likeness (QED) is 0.626. The third-order valence-corrected chi connectivity index (χ3v) is 2.64. The number of aromatic nitrogens is 2. The summed E-state index contributed by atoms with van der Waals surface area (Å²) >= 11 is 0. The van der Waals surface area contributed by atoms with E-state index >= 15 is 0 Å². The molecule has 1 aromatic heterocycles. The zero-order chi connectivity index (χ0) is 16.3. The molecule has 0 spiro atoms. The summed E-state index contributed by atoms with van der Waals surface area (Å²) in [6.07, 6.45) is -4.81. The Morgan fingerprint density at radius 3 is 2.64 bits per heavy atom. The first-order valence-electron chi connectivity index (χ1n) is 6.14. The maximum absolute atomic E-state index is 13.9. The van der Waals surface area contributed by atoms with Crippen molar-refractivity contribution in [1.29, 1.82) is 0 Å². The average molecular weight is 318 g/mol. The summed E-state index contributed by atoms with van der Waals surface area (Å²) in [7, 11) is 0. The van der Waals surface area contributed by atoms with Crippen LogP contribution in [0.25, 0.3) is 11.4 Å². The van der Waals surface area contributed by atoms with Crippen LogP contribution in [-0.4, -0.2) is 29.1 Å². The van der Waals surface area contributed by atoms with Crippen LogP contribution >= 0.6 is 0 Å². The van der Waals surface area contributed by atoms with E-state index in [-0.39, 0.29) is 17.7 Å². The van der Waals surface area contributed by atoms with Crippen molar-refractivity contribution in [2.45, 2.75) is 13.1 Å². The number of alkyl halides is 3. The van der Waals surface area contributed by atoms with E-state index in [1.54, 1.807) is 6.92 Å². The highest BCUT2D eigenvalue weighted by Crippen LogP contribution is 2.30. The van der Waals surface area contributed by atoms with Gasteiger partial charge in [0.2, 0.25) is 5.82 Å². The third kappa shape index (κ3) is 3.48. The minimum atomic E-state index is -4.81. The smallest absolute Gasteiger partial charge is 0.374 e. The largest absolute Gasteiger partial charge is 0.471 e. The highest BCUT2D eigenvalue weighted by atomic mass is 19.4. The highest BCUT2D eigenvalue weighted by Gasteiger charge is 2.38. The van der Waals surface area contributed by atoms with Crippen LogP contribution in [-0.2, 0) is 10.9 Å². The van der Waals surface area contributed by atoms with Gasteiger partial charge in [-0.3, -0.25) is 4.79 Å². The van der Waals surface area contributed by atoms with Crippen molar-refractivity contribution in [3.63, 3.8) is 0 Å². The molecule has 0 unspecified atom stereocenters. The molecule has 9 heteroatoms. The van der Waals surface area contributed by atoms with Gasteiger partial charge in [0.1, 0.15) is 12.4 Å². The molecule has 0 saturated heterocycles. The first-order chi connectivity index (χ1) is 10.3. The van der Waals surface area contributed by atoms with Crippen LogP contribution in [0.2, 0.25) is 0 Å². The number of hydrogen-bond acceptors (Lipinski definition) is 5. The van der Waals surface area contributed by atoms with Crippen LogP contribution in [0.5, 0.6) is 0 Å². The van der Waals surface area contributed by atoms with E-state index in [0.717, 1.165) is 12.1 Å². The van der Waals surface area contributed by atoms with Crippen LogP contribution in [0.4, 0.5) is 17.6 Å². The Morgan fingerprint density at radius 1 is 1.36 bits per heavy atom. The number of halogens is 4. The monoisotopic (exact) mass is 318 g/mol. The number of hydrogen-bond donors (Lipinski definition) is 0. The van der Waals surface area contributed by atoms with E-state index in [0.29, 0.717) is 6.61 Å². The van der Waals surface area contributed by atoms with Gasteiger partial charge in [0, 0.05) is 12.2 Å². The zero-order valence-electron chi connectivity index (χ0n) is 11.3. The van der Waals surface area contributed by atoms with Gasteiger partial charge in [-0.05, 0) is 19.1 Å². The van der Waals surface area contributed by atoms with Gasteiger partial charge < -0.3 is 9.26 Å². The second-order valence-electron chi connectivity index (χ2n) is 4.18. The molecular weight excluding hydrogens is 308 g/mol. The maximum atomic E-state index is 13.9. The number of nitrogens with zero attached hydrogens (tertiary/aromatic N) is 2. The van der Waals surface area contributed by atoms with E-state index in [1.807, 2.05) is 0 Å². The third-order valence-electron chi connectivity index (χ3n) is 2.64. The van der Waals surface area contributed by atoms with Crippen LogP contribution in [0, 0.1) is 5.82 Å². The number of ketones is 1. The molecule has 0 radical (unpaired) electrons. The molecule has 0 fully saturated rings. The zero-order valence-corrected chi connectivity index (χ0v) is 11.3. The Labute approximate surface area is 121 Å². The first kappa shape index (κ1) is 16.1. The van der Waals surface area contributed by atoms with Crippen LogP contribution in [0.15, 0.2) is 22.7 Å². The summed E-state index contributed by atoms with van der Waals surface area (Å²) < 4.78 is 59.9. The fraction of sp³-hybridized carbons (Fsp3) is 0.308. The summed E-state index contributed by atoms with van der Waals surface area (Å²) in [5, 5.41) is 3.08. The van der Waals surface area contributed by atoms with Crippen LogP contribution < -0.4 is 0 Å². The maximum Gasteiger partial charge on any atom is 0.471 e. The van der Waals surface area contributed by atoms with Crippen molar-refractivity contribution in [3.8, 4) is 11.4 Å². The summed E-state index contributed by atoms with van der Waals surface area (Å²) in [4.78, 5) is 14.7. The van der Waals surface area contributed by atoms with Crippen molar-refractivity contribution < 1.29 is 31.6 Å². The van der Waals surface area contributed by atoms with E-state index in [4.69, 9.17) is 4.74 Å². The van der Waals surface area contributed by atoms with E-state index < -0.39 is 29.5 Å². The molecule has 0 amide bonds. The van der Waals surface area contributed by atoms with E-state index in [1.165, 1.54) is 6.07 Å². The molecule has 0 bridgehead atoms. The van der Waals surface area contributed by atoms with Gasteiger partial charge in [-0.25, -0.2) is 4.39 Å². The molecule has 2 aromatic rings. The van der Waals surface area contributed by atoms with Gasteiger partial charge >= 0.3 is 12.1 Å². The Hall–Kier alpha value is -2.29.